The van der Waals surface area contributed by atoms with Crippen LogP contribution in [0.3, 0.4) is 0 Å². The highest BCUT2D eigenvalue weighted by Crippen LogP contribution is 2.69. The van der Waals surface area contributed by atoms with Gasteiger partial charge in [0, 0.05) is 23.7 Å². The molecule has 4 bridgehead atoms. The van der Waals surface area contributed by atoms with Crippen LogP contribution in [-0.4, -0.2) is 35.2 Å². The Kier molecular flexibility index (Phi) is 3.70. The van der Waals surface area contributed by atoms with E-state index in [1.165, 1.54) is 9.80 Å². The van der Waals surface area contributed by atoms with Gasteiger partial charge in [-0.2, -0.15) is 0 Å². The summed E-state index contributed by atoms with van der Waals surface area (Å²) in [6.07, 6.45) is 1.75. The Morgan fingerprint density at radius 3 is 1.19 bits per heavy atom. The summed E-state index contributed by atoms with van der Waals surface area (Å²) in [5, 5.41) is 0. The molecule has 8 heteroatoms. The Morgan fingerprint density at radius 2 is 0.861 bits per heavy atom. The molecule has 0 unspecified atom stereocenters. The van der Waals surface area contributed by atoms with Crippen molar-refractivity contribution in [2.24, 2.45) is 45.3 Å². The molecule has 2 aliphatic heterocycles. The Balaban J connectivity index is 1.21. The van der Waals surface area contributed by atoms with Gasteiger partial charge in [-0.15, -0.1) is 0 Å². The van der Waals surface area contributed by atoms with Crippen LogP contribution in [-0.2, 0) is 28.8 Å². The molecule has 1 aromatic carbocycles. The van der Waals surface area contributed by atoms with Crippen molar-refractivity contribution in [1.29, 1.82) is 0 Å². The molecule has 8 atom stereocenters. The highest BCUT2D eigenvalue weighted by Gasteiger charge is 2.75. The Bertz CT molecular complexity index is 1260. The lowest BCUT2D eigenvalue weighted by molar-refractivity contribution is -0.138. The van der Waals surface area contributed by atoms with E-state index in [1.807, 2.05) is 27.7 Å². The standard InChI is InChI=1S/C28H28N2O6/c1-25-9-15(31)27(3,11-25)19-17(25)21(33)29(23(19)35)13-5-7-14(8-6-13)30-22(34)18-20(24(30)36)28(4)12-26(18,2)10-16(28)32/h5-8,17-20H,9-12H2,1-4H3/t17-,18+,19-,20+,25-,26+,27+,28-. The van der Waals surface area contributed by atoms with Gasteiger partial charge in [-0.1, -0.05) is 27.7 Å². The van der Waals surface area contributed by atoms with Gasteiger partial charge in [0.05, 0.1) is 35.0 Å². The minimum atomic E-state index is -0.809. The topological polar surface area (TPSA) is 109 Å². The third-order valence-corrected chi connectivity index (χ3v) is 10.8. The van der Waals surface area contributed by atoms with Crippen molar-refractivity contribution in [2.45, 2.75) is 53.4 Å². The molecule has 2 saturated heterocycles. The number of benzene rings is 1. The fourth-order valence-corrected chi connectivity index (χ4v) is 9.43. The largest absolute Gasteiger partial charge is 0.299 e. The van der Waals surface area contributed by atoms with Crippen molar-refractivity contribution in [3.8, 4) is 0 Å². The lowest BCUT2D eigenvalue weighted by Gasteiger charge is -2.30. The second-order valence-corrected chi connectivity index (χ2v) is 13.1. The highest BCUT2D eigenvalue weighted by molar-refractivity contribution is 6.26. The maximum Gasteiger partial charge on any atom is 0.238 e. The first-order valence-electron chi connectivity index (χ1n) is 12.7. The fourth-order valence-electron chi connectivity index (χ4n) is 9.43. The molecule has 0 spiro atoms. The van der Waals surface area contributed by atoms with Crippen LogP contribution in [0.2, 0.25) is 0 Å². The minimum absolute atomic E-state index is 0.0519. The van der Waals surface area contributed by atoms with Crippen molar-refractivity contribution in [2.75, 3.05) is 9.80 Å². The van der Waals surface area contributed by atoms with Gasteiger partial charge in [-0.25, -0.2) is 0 Å². The zero-order valence-electron chi connectivity index (χ0n) is 20.8. The Labute approximate surface area is 208 Å². The number of ketones is 2. The summed E-state index contributed by atoms with van der Waals surface area (Å²) in [6, 6.07) is 6.33. The van der Waals surface area contributed by atoms with Gasteiger partial charge in [0.15, 0.2) is 0 Å². The molecule has 1 aromatic rings. The number of hydrogen-bond donors (Lipinski definition) is 0. The third kappa shape index (κ3) is 2.16. The molecule has 0 aromatic heterocycles. The van der Waals surface area contributed by atoms with E-state index >= 15 is 0 Å². The predicted octanol–water partition coefficient (Wildman–Crippen LogP) is 2.68. The average Bonchev–Trinajstić information content (AvgIpc) is 3.50. The van der Waals surface area contributed by atoms with Crippen molar-refractivity contribution in [3.05, 3.63) is 24.3 Å². The fraction of sp³-hybridized carbons (Fsp3) is 0.571. The van der Waals surface area contributed by atoms with Gasteiger partial charge >= 0.3 is 0 Å². The molecule has 2 heterocycles. The Morgan fingerprint density at radius 1 is 0.556 bits per heavy atom. The van der Waals surface area contributed by atoms with Crippen molar-refractivity contribution < 1.29 is 28.8 Å². The molecule has 186 valence electrons. The van der Waals surface area contributed by atoms with Gasteiger partial charge in [0.2, 0.25) is 23.6 Å². The number of carbonyl (C=O) groups excluding carboxylic acids is 6. The lowest BCUT2D eigenvalue weighted by atomic mass is 9.68. The number of imide groups is 2. The van der Waals surface area contributed by atoms with Gasteiger partial charge < -0.3 is 0 Å². The van der Waals surface area contributed by atoms with E-state index in [-0.39, 0.29) is 35.2 Å². The number of carbonyl (C=O) groups is 6. The molecular weight excluding hydrogens is 460 g/mol. The van der Waals surface area contributed by atoms with E-state index in [4.69, 9.17) is 0 Å². The highest BCUT2D eigenvalue weighted by atomic mass is 16.2. The van der Waals surface area contributed by atoms with E-state index in [0.717, 1.165) is 0 Å². The van der Waals surface area contributed by atoms with Crippen LogP contribution in [0, 0.1) is 45.3 Å². The molecule has 6 fully saturated rings. The van der Waals surface area contributed by atoms with Crippen LogP contribution < -0.4 is 9.80 Å². The van der Waals surface area contributed by atoms with Crippen LogP contribution in [0.1, 0.15) is 53.4 Å². The third-order valence-electron chi connectivity index (χ3n) is 10.8. The maximum atomic E-state index is 13.4. The van der Waals surface area contributed by atoms with E-state index in [2.05, 4.69) is 0 Å². The number of anilines is 2. The number of hydrogen-bond acceptors (Lipinski definition) is 6. The summed E-state index contributed by atoms with van der Waals surface area (Å²) in [4.78, 5) is 81.5. The molecule has 7 rings (SSSR count). The van der Waals surface area contributed by atoms with Crippen LogP contribution in [0.5, 0.6) is 0 Å². The van der Waals surface area contributed by atoms with E-state index in [9.17, 15) is 28.8 Å². The minimum Gasteiger partial charge on any atom is -0.299 e. The number of fused-ring (bicyclic) bond motifs is 10. The SMILES string of the molecule is C[C@]12CC(=O)[C@@](C)(C1)[C@@H]1C(=O)N(c3ccc(N4C(=O)[C@H]5[C@H](C4=O)[C@@]4(C)C[C@@]5(C)CC4=O)cc3)C(=O)[C@H]12. The Hall–Kier alpha value is -3.16. The van der Waals surface area contributed by atoms with Gasteiger partial charge in [0.1, 0.15) is 11.6 Å². The second kappa shape index (κ2) is 6.03. The van der Waals surface area contributed by atoms with Crippen molar-refractivity contribution in [1.82, 2.24) is 0 Å². The normalized spacial score (nSPS) is 46.6. The summed E-state index contributed by atoms with van der Waals surface area (Å²) in [5.74, 6) is -3.48. The molecule has 36 heavy (non-hydrogen) atoms. The van der Waals surface area contributed by atoms with Gasteiger partial charge in [-0.3, -0.25) is 38.6 Å². The van der Waals surface area contributed by atoms with Gasteiger partial charge in [-0.05, 0) is 47.9 Å². The van der Waals surface area contributed by atoms with Crippen LogP contribution in [0.4, 0.5) is 11.4 Å². The molecular formula is C28H28N2O6. The van der Waals surface area contributed by atoms with E-state index in [1.54, 1.807) is 24.3 Å². The molecule has 4 saturated carbocycles. The van der Waals surface area contributed by atoms with E-state index in [0.29, 0.717) is 37.1 Å². The number of nitrogens with zero attached hydrogens (tertiary/aromatic N) is 2. The summed E-state index contributed by atoms with van der Waals surface area (Å²) < 4.78 is 0. The first kappa shape index (κ1) is 22.1. The molecule has 0 radical (unpaired) electrons. The second-order valence-electron chi connectivity index (χ2n) is 13.1. The monoisotopic (exact) mass is 488 g/mol. The number of amides is 4. The quantitative estimate of drug-likeness (QED) is 0.592. The summed E-state index contributed by atoms with van der Waals surface area (Å²) in [7, 11) is 0. The van der Waals surface area contributed by atoms with Crippen molar-refractivity contribution >= 4 is 46.6 Å². The molecule has 8 nitrogen and oxygen atoms in total. The van der Waals surface area contributed by atoms with E-state index < -0.39 is 45.3 Å². The number of rotatable bonds is 2. The summed E-state index contributed by atoms with van der Waals surface area (Å²) >= 11 is 0. The molecule has 4 amide bonds. The van der Waals surface area contributed by atoms with Crippen LogP contribution in [0.25, 0.3) is 0 Å². The summed E-state index contributed by atoms with van der Waals surface area (Å²) in [6.45, 7) is 7.48. The van der Waals surface area contributed by atoms with Crippen LogP contribution in [0.15, 0.2) is 24.3 Å². The lowest BCUT2D eigenvalue weighted by Crippen LogP contribution is -2.40. The van der Waals surface area contributed by atoms with Crippen LogP contribution >= 0.6 is 0 Å². The molecule has 4 aliphatic carbocycles. The maximum absolute atomic E-state index is 13.4. The number of Topliss-reactive ketones (excluding diaryl/α,β-unsaturated/α-hetero) is 2. The predicted molar refractivity (Wildman–Crippen MR) is 126 cm³/mol. The van der Waals surface area contributed by atoms with Crippen molar-refractivity contribution in [3.63, 3.8) is 0 Å². The zero-order valence-corrected chi connectivity index (χ0v) is 20.8. The molecule has 6 aliphatic rings. The smallest absolute Gasteiger partial charge is 0.238 e. The average molecular weight is 489 g/mol. The summed E-state index contributed by atoms with van der Waals surface area (Å²) in [5.41, 5.74) is -1.89. The molecule has 0 N–H and O–H groups in total. The first-order chi connectivity index (χ1) is 16.8. The van der Waals surface area contributed by atoms with Gasteiger partial charge in [0.25, 0.3) is 0 Å². The zero-order chi connectivity index (χ0) is 25.7. The first-order valence-corrected chi connectivity index (χ1v) is 12.7.